The topological polar surface area (TPSA) is 0 Å². The molecule has 1 atom stereocenters. The van der Waals surface area contributed by atoms with Crippen molar-refractivity contribution in [1.82, 2.24) is 0 Å². The van der Waals surface area contributed by atoms with E-state index in [1.807, 2.05) is 18.2 Å². The summed E-state index contributed by atoms with van der Waals surface area (Å²) in [5, 5.41) is 0. The van der Waals surface area contributed by atoms with Crippen LogP contribution in [0.3, 0.4) is 0 Å². The molecule has 0 saturated carbocycles. The summed E-state index contributed by atoms with van der Waals surface area (Å²) in [4.78, 5) is 0. The zero-order valence-corrected chi connectivity index (χ0v) is 12.5. The van der Waals surface area contributed by atoms with E-state index in [9.17, 15) is 8.22 Å². The number of hydrogen-bond donors (Lipinski definition) is 0. The van der Waals surface area contributed by atoms with Gasteiger partial charge in [0.25, 0.3) is 0 Å². The third-order valence-corrected chi connectivity index (χ3v) is 4.34. The minimum atomic E-state index is -3.63. The highest BCUT2D eigenvalue weighted by Crippen LogP contribution is 2.34. The van der Waals surface area contributed by atoms with E-state index in [0.717, 1.165) is 16.7 Å². The van der Waals surface area contributed by atoms with Crippen molar-refractivity contribution in [2.24, 2.45) is 0 Å². The molecule has 0 bridgehead atoms. The van der Waals surface area contributed by atoms with Crippen molar-refractivity contribution in [3.05, 3.63) is 34.9 Å². The van der Waals surface area contributed by atoms with Crippen LogP contribution in [0.1, 0.15) is 68.7 Å². The molecule has 0 spiro atoms. The second-order valence-electron chi connectivity index (χ2n) is 5.28. The Morgan fingerprint density at radius 3 is 1.59 bits per heavy atom. The third-order valence-electron chi connectivity index (χ3n) is 3.25. The second-order valence-corrected chi connectivity index (χ2v) is 6.95. The Morgan fingerprint density at radius 1 is 0.882 bits per heavy atom. The molecular formula is C14H22F2Si. The van der Waals surface area contributed by atoms with Gasteiger partial charge in [-0.25, -0.2) is 0 Å². The van der Waals surface area contributed by atoms with Crippen LogP contribution in [0.2, 0.25) is 0 Å². The highest BCUT2D eigenvalue weighted by atomic mass is 28.4. The molecule has 0 aliphatic carbocycles. The van der Waals surface area contributed by atoms with Crippen molar-refractivity contribution < 1.29 is 8.22 Å². The molecule has 0 N–H and O–H groups in total. The Hall–Kier alpha value is -0.703. The maximum absolute atomic E-state index is 13.1. The van der Waals surface area contributed by atoms with Crippen molar-refractivity contribution in [2.75, 3.05) is 0 Å². The number of hydrogen-bond acceptors (Lipinski definition) is 0. The molecule has 0 aliphatic heterocycles. The average Bonchev–Trinajstić information content (AvgIpc) is 2.26. The lowest BCUT2D eigenvalue weighted by atomic mass is 9.87. The third kappa shape index (κ3) is 3.15. The van der Waals surface area contributed by atoms with Gasteiger partial charge in [0, 0.05) is 5.54 Å². The van der Waals surface area contributed by atoms with Gasteiger partial charge in [-0.05, 0) is 28.5 Å². The quantitative estimate of drug-likeness (QED) is 0.539. The number of benzene rings is 1. The van der Waals surface area contributed by atoms with E-state index in [-0.39, 0.29) is 0 Å². The lowest BCUT2D eigenvalue weighted by Gasteiger charge is -2.23. The highest BCUT2D eigenvalue weighted by molar-refractivity contribution is 6.44. The van der Waals surface area contributed by atoms with Gasteiger partial charge in [0.2, 0.25) is 0 Å². The minimum absolute atomic E-state index is 0.305. The number of rotatable bonds is 4. The molecule has 17 heavy (non-hydrogen) atoms. The monoisotopic (exact) mass is 256 g/mol. The van der Waals surface area contributed by atoms with E-state index in [2.05, 4.69) is 27.7 Å². The van der Waals surface area contributed by atoms with E-state index in [4.69, 9.17) is 0 Å². The van der Waals surface area contributed by atoms with Crippen molar-refractivity contribution in [1.29, 1.82) is 0 Å². The SMILES string of the molecule is CC(C)c1cccc(C(C)C)c1C(C)[SiH](F)F. The summed E-state index contributed by atoms with van der Waals surface area (Å²) in [7, 11) is -3.63. The summed E-state index contributed by atoms with van der Waals surface area (Å²) < 4.78 is 26.3. The van der Waals surface area contributed by atoms with Crippen LogP contribution < -0.4 is 0 Å². The molecule has 96 valence electrons. The first-order valence-electron chi connectivity index (χ1n) is 6.27. The van der Waals surface area contributed by atoms with Crippen molar-refractivity contribution in [3.8, 4) is 0 Å². The summed E-state index contributed by atoms with van der Waals surface area (Å²) in [6, 6.07) is 5.99. The molecule has 0 radical (unpaired) electrons. The van der Waals surface area contributed by atoms with Gasteiger partial charge in [-0.15, -0.1) is 0 Å². The van der Waals surface area contributed by atoms with Gasteiger partial charge in [0.05, 0.1) is 0 Å². The van der Waals surface area contributed by atoms with E-state index >= 15 is 0 Å². The van der Waals surface area contributed by atoms with Crippen LogP contribution in [0.5, 0.6) is 0 Å². The standard InChI is InChI=1S/C14H22F2Si/c1-9(2)12-7-6-8-13(10(3)4)14(12)11(5)17(15)16/h6-11,17H,1-5H3. The fraction of sp³-hybridized carbons (Fsp3) is 0.571. The summed E-state index contributed by atoms with van der Waals surface area (Å²) in [6.45, 7) is 9.97. The molecule has 0 heterocycles. The van der Waals surface area contributed by atoms with Crippen molar-refractivity contribution in [2.45, 2.75) is 52.0 Å². The summed E-state index contributed by atoms with van der Waals surface area (Å²) >= 11 is 0. The van der Waals surface area contributed by atoms with Gasteiger partial charge in [-0.3, -0.25) is 8.22 Å². The highest BCUT2D eigenvalue weighted by Gasteiger charge is 2.27. The first kappa shape index (κ1) is 14.4. The fourth-order valence-corrected chi connectivity index (χ4v) is 2.90. The van der Waals surface area contributed by atoms with Gasteiger partial charge in [-0.1, -0.05) is 52.8 Å². The molecule has 0 aliphatic rings. The lowest BCUT2D eigenvalue weighted by molar-refractivity contribution is 0.618. The zero-order valence-electron chi connectivity index (χ0n) is 11.3. The maximum atomic E-state index is 13.1. The second kappa shape index (κ2) is 5.76. The summed E-state index contributed by atoms with van der Waals surface area (Å²) in [5.74, 6) is 0.609. The zero-order chi connectivity index (χ0) is 13.2. The van der Waals surface area contributed by atoms with Gasteiger partial charge < -0.3 is 0 Å². The predicted octanol–water partition coefficient (Wildman–Crippen LogP) is 4.74. The van der Waals surface area contributed by atoms with Crippen LogP contribution in [-0.2, 0) is 0 Å². The Balaban J connectivity index is 3.38. The van der Waals surface area contributed by atoms with E-state index in [1.54, 1.807) is 6.92 Å². The molecule has 1 aromatic carbocycles. The minimum Gasteiger partial charge on any atom is -0.274 e. The normalized spacial score (nSPS) is 13.8. The lowest BCUT2D eigenvalue weighted by Crippen LogP contribution is -2.16. The molecule has 1 unspecified atom stereocenters. The van der Waals surface area contributed by atoms with Crippen LogP contribution in [0.4, 0.5) is 8.22 Å². The van der Waals surface area contributed by atoms with E-state index < -0.39 is 15.0 Å². The largest absolute Gasteiger partial charge is 0.418 e. The van der Waals surface area contributed by atoms with Crippen LogP contribution in [0.25, 0.3) is 0 Å². The van der Waals surface area contributed by atoms with Gasteiger partial charge >= 0.3 is 9.46 Å². The van der Waals surface area contributed by atoms with Gasteiger partial charge in [-0.2, -0.15) is 0 Å². The summed E-state index contributed by atoms with van der Waals surface area (Å²) in [5.41, 5.74) is 2.55. The Labute approximate surface area is 105 Å². The van der Waals surface area contributed by atoms with Crippen LogP contribution >= 0.6 is 0 Å². The smallest absolute Gasteiger partial charge is 0.274 e. The van der Waals surface area contributed by atoms with Crippen LogP contribution in [0, 0.1) is 0 Å². The molecule has 0 amide bonds. The Morgan fingerprint density at radius 2 is 1.29 bits per heavy atom. The maximum Gasteiger partial charge on any atom is 0.418 e. The van der Waals surface area contributed by atoms with Crippen molar-refractivity contribution >= 4 is 9.46 Å². The first-order chi connectivity index (χ1) is 7.86. The van der Waals surface area contributed by atoms with Gasteiger partial charge in [0.15, 0.2) is 0 Å². The Bertz CT molecular complexity index is 346. The van der Waals surface area contributed by atoms with E-state index in [1.165, 1.54) is 0 Å². The Kier molecular flexibility index (Phi) is 4.87. The van der Waals surface area contributed by atoms with Crippen LogP contribution in [-0.4, -0.2) is 9.46 Å². The number of halogens is 2. The van der Waals surface area contributed by atoms with Crippen LogP contribution in [0.15, 0.2) is 18.2 Å². The average molecular weight is 256 g/mol. The predicted molar refractivity (Wildman–Crippen MR) is 72.4 cm³/mol. The molecule has 1 rings (SSSR count). The van der Waals surface area contributed by atoms with E-state index in [0.29, 0.717) is 11.8 Å². The fourth-order valence-electron chi connectivity index (χ4n) is 2.26. The summed E-state index contributed by atoms with van der Waals surface area (Å²) in [6.07, 6.45) is 0. The molecule has 1 aromatic rings. The molecule has 0 saturated heterocycles. The van der Waals surface area contributed by atoms with Crippen molar-refractivity contribution in [3.63, 3.8) is 0 Å². The molecular weight excluding hydrogens is 234 g/mol. The molecule has 0 fully saturated rings. The molecule has 0 nitrogen and oxygen atoms in total. The first-order valence-corrected chi connectivity index (χ1v) is 7.81. The van der Waals surface area contributed by atoms with Gasteiger partial charge in [0.1, 0.15) is 0 Å². The molecule has 3 heteroatoms. The molecule has 0 aromatic heterocycles.